The number of phenolic OH excluding ortho intramolecular Hbond substituents is 1. The van der Waals surface area contributed by atoms with E-state index in [2.05, 4.69) is 9.97 Å². The fraction of sp³-hybridized carbons (Fsp3) is 0.136. The maximum Gasteiger partial charge on any atom is 0.256 e. The van der Waals surface area contributed by atoms with Gasteiger partial charge in [0.05, 0.1) is 12.3 Å². The number of benzene rings is 2. The Bertz CT molecular complexity index is 1320. The molecular formula is C22H18F2N4O4. The van der Waals surface area contributed by atoms with Gasteiger partial charge in [-0.2, -0.15) is 4.98 Å². The number of anilines is 1. The number of halogens is 2. The number of aliphatic hydroxyl groups excluding tert-OH is 2. The quantitative estimate of drug-likeness (QED) is 0.394. The van der Waals surface area contributed by atoms with E-state index in [9.17, 15) is 28.9 Å². The predicted octanol–water partition coefficient (Wildman–Crippen LogP) is 2.18. The van der Waals surface area contributed by atoms with Crippen LogP contribution in [-0.4, -0.2) is 49.7 Å². The molecule has 0 aliphatic heterocycles. The molecule has 0 saturated carbocycles. The highest BCUT2D eigenvalue weighted by atomic mass is 19.1. The molecule has 32 heavy (non-hydrogen) atoms. The lowest BCUT2D eigenvalue weighted by atomic mass is 10.1. The van der Waals surface area contributed by atoms with Crippen LogP contribution in [0.15, 0.2) is 59.4 Å². The summed E-state index contributed by atoms with van der Waals surface area (Å²) in [5.74, 6) is -1.95. The summed E-state index contributed by atoms with van der Waals surface area (Å²) in [6.45, 7) is -0.894. The van der Waals surface area contributed by atoms with Gasteiger partial charge in [0.1, 0.15) is 29.8 Å². The van der Waals surface area contributed by atoms with Gasteiger partial charge >= 0.3 is 0 Å². The number of hydrogen-bond donors (Lipinski definition) is 3. The zero-order chi connectivity index (χ0) is 22.8. The van der Waals surface area contributed by atoms with Gasteiger partial charge in [-0.15, -0.1) is 0 Å². The fourth-order valence-corrected chi connectivity index (χ4v) is 3.36. The Balaban J connectivity index is 2.12. The third-order valence-corrected chi connectivity index (χ3v) is 4.86. The monoisotopic (exact) mass is 440 g/mol. The highest BCUT2D eigenvalue weighted by Crippen LogP contribution is 2.30. The minimum Gasteiger partial charge on any atom is -0.508 e. The Morgan fingerprint density at radius 1 is 0.938 bits per heavy atom. The summed E-state index contributed by atoms with van der Waals surface area (Å²) >= 11 is 0. The summed E-state index contributed by atoms with van der Waals surface area (Å²) in [6.07, 6.45) is 0. The largest absolute Gasteiger partial charge is 0.508 e. The van der Waals surface area contributed by atoms with E-state index in [1.165, 1.54) is 29.2 Å². The smallest absolute Gasteiger partial charge is 0.256 e. The van der Waals surface area contributed by atoms with Crippen LogP contribution in [0.5, 0.6) is 5.75 Å². The number of aliphatic hydroxyl groups is 2. The number of para-hydroxylation sites is 1. The molecule has 0 atom stereocenters. The lowest BCUT2D eigenvalue weighted by Crippen LogP contribution is -2.30. The first kappa shape index (κ1) is 21.3. The Hall–Kier alpha value is -3.89. The third-order valence-electron chi connectivity index (χ3n) is 4.86. The van der Waals surface area contributed by atoms with Gasteiger partial charge in [-0.05, 0) is 42.5 Å². The van der Waals surface area contributed by atoms with E-state index in [4.69, 9.17) is 0 Å². The van der Waals surface area contributed by atoms with E-state index in [1.807, 2.05) is 0 Å². The van der Waals surface area contributed by atoms with Gasteiger partial charge < -0.3 is 20.2 Å². The Morgan fingerprint density at radius 2 is 1.62 bits per heavy atom. The van der Waals surface area contributed by atoms with Crippen molar-refractivity contribution in [2.45, 2.75) is 0 Å². The first-order valence-electron chi connectivity index (χ1n) is 9.59. The molecule has 0 amide bonds. The predicted molar refractivity (Wildman–Crippen MR) is 114 cm³/mol. The molecule has 0 spiro atoms. The second-order valence-corrected chi connectivity index (χ2v) is 6.86. The van der Waals surface area contributed by atoms with Crippen LogP contribution in [0.3, 0.4) is 0 Å². The number of fused-ring (bicyclic) bond motifs is 1. The summed E-state index contributed by atoms with van der Waals surface area (Å²) in [5.41, 5.74) is -0.585. The summed E-state index contributed by atoms with van der Waals surface area (Å²) in [6, 6.07) is 11.9. The molecule has 4 rings (SSSR count). The topological polar surface area (TPSA) is 112 Å². The van der Waals surface area contributed by atoms with Gasteiger partial charge in [0.2, 0.25) is 5.95 Å². The van der Waals surface area contributed by atoms with E-state index in [1.54, 1.807) is 12.1 Å². The second-order valence-electron chi connectivity index (χ2n) is 6.86. The zero-order valence-corrected chi connectivity index (χ0v) is 16.6. The lowest BCUT2D eigenvalue weighted by Gasteiger charge is -2.21. The van der Waals surface area contributed by atoms with Crippen LogP contribution in [0.2, 0.25) is 0 Å². The Labute approximate surface area is 180 Å². The fourth-order valence-electron chi connectivity index (χ4n) is 3.36. The molecule has 2 aromatic carbocycles. The van der Waals surface area contributed by atoms with Gasteiger partial charge in [-0.3, -0.25) is 9.36 Å². The summed E-state index contributed by atoms with van der Waals surface area (Å²) in [5, 5.41) is 29.0. The summed E-state index contributed by atoms with van der Waals surface area (Å²) < 4.78 is 30.0. The van der Waals surface area contributed by atoms with Crippen molar-refractivity contribution < 1.29 is 24.1 Å². The van der Waals surface area contributed by atoms with Crippen molar-refractivity contribution in [1.82, 2.24) is 14.5 Å². The van der Waals surface area contributed by atoms with Gasteiger partial charge in [0.25, 0.3) is 5.56 Å². The average molecular weight is 440 g/mol. The van der Waals surface area contributed by atoms with Crippen molar-refractivity contribution in [3.05, 3.63) is 76.6 Å². The molecule has 0 saturated heterocycles. The van der Waals surface area contributed by atoms with E-state index in [0.717, 1.165) is 22.8 Å². The van der Waals surface area contributed by atoms with Crippen molar-refractivity contribution in [1.29, 1.82) is 0 Å². The molecule has 8 nitrogen and oxygen atoms in total. The van der Waals surface area contributed by atoms with Crippen LogP contribution in [0, 0.1) is 11.6 Å². The lowest BCUT2D eigenvalue weighted by molar-refractivity contribution is 0.256. The van der Waals surface area contributed by atoms with E-state index in [-0.39, 0.29) is 30.5 Å². The van der Waals surface area contributed by atoms with Crippen LogP contribution in [0.4, 0.5) is 14.7 Å². The van der Waals surface area contributed by atoms with E-state index < -0.39 is 29.6 Å². The number of aromatic hydroxyl groups is 1. The molecule has 3 N–H and O–H groups in total. The highest BCUT2D eigenvalue weighted by Gasteiger charge is 2.21. The molecule has 0 bridgehead atoms. The molecule has 164 valence electrons. The van der Waals surface area contributed by atoms with Crippen LogP contribution >= 0.6 is 0 Å². The molecule has 2 aromatic heterocycles. The summed E-state index contributed by atoms with van der Waals surface area (Å²) in [7, 11) is 0. The van der Waals surface area contributed by atoms with Crippen LogP contribution in [0.25, 0.3) is 28.0 Å². The van der Waals surface area contributed by atoms with E-state index >= 15 is 0 Å². The molecule has 0 radical (unpaired) electrons. The number of rotatable bonds is 6. The normalized spacial score (nSPS) is 11.1. The number of nitrogens with zero attached hydrogens (tertiary/aromatic N) is 4. The zero-order valence-electron chi connectivity index (χ0n) is 16.6. The van der Waals surface area contributed by atoms with Gasteiger partial charge in [0.15, 0.2) is 5.65 Å². The molecule has 0 fully saturated rings. The van der Waals surface area contributed by atoms with E-state index in [0.29, 0.717) is 16.6 Å². The molecule has 0 aliphatic rings. The standard InChI is InChI=1S/C22H18F2N4O4/c23-16-2-1-3-17(24)20(16)28-18(32)9-8-15-19(13-4-6-14(31)7-5-13)25-22(26-21(15)28)27(12-30)10-11-29/h1-9,29-31H,10-12H2. The van der Waals surface area contributed by atoms with Gasteiger partial charge in [-0.25, -0.2) is 13.8 Å². The highest BCUT2D eigenvalue weighted by molar-refractivity contribution is 5.92. The minimum atomic E-state index is -0.958. The van der Waals surface area contributed by atoms with Crippen molar-refractivity contribution in [2.24, 2.45) is 0 Å². The Kier molecular flexibility index (Phi) is 5.80. The Morgan fingerprint density at radius 3 is 2.25 bits per heavy atom. The van der Waals surface area contributed by atoms with Crippen LogP contribution in [0.1, 0.15) is 0 Å². The SMILES string of the molecule is O=c1ccc2c(-c3ccc(O)cc3)nc(N(CO)CCO)nc2n1-c1c(F)cccc1F. The third kappa shape index (κ3) is 3.77. The molecule has 0 unspecified atom stereocenters. The first-order chi connectivity index (χ1) is 15.4. The number of aromatic nitrogens is 3. The minimum absolute atomic E-state index is 0.0231. The maximum absolute atomic E-state index is 14.6. The molecule has 4 aromatic rings. The molecule has 10 heteroatoms. The molecule has 0 aliphatic carbocycles. The second kappa shape index (κ2) is 8.69. The number of pyridine rings is 1. The summed E-state index contributed by atoms with van der Waals surface area (Å²) in [4.78, 5) is 22.8. The van der Waals surface area contributed by atoms with Crippen molar-refractivity contribution in [2.75, 3.05) is 24.8 Å². The van der Waals surface area contributed by atoms with Crippen LogP contribution in [-0.2, 0) is 0 Å². The first-order valence-corrected chi connectivity index (χ1v) is 9.59. The maximum atomic E-state index is 14.6. The van der Waals surface area contributed by atoms with Gasteiger partial charge in [0, 0.05) is 23.6 Å². The number of hydrogen-bond acceptors (Lipinski definition) is 7. The molecular weight excluding hydrogens is 422 g/mol. The number of phenols is 1. The van der Waals surface area contributed by atoms with Gasteiger partial charge in [-0.1, -0.05) is 6.07 Å². The van der Waals surface area contributed by atoms with Crippen molar-refractivity contribution in [3.63, 3.8) is 0 Å². The average Bonchev–Trinajstić information content (AvgIpc) is 2.78. The van der Waals surface area contributed by atoms with Crippen molar-refractivity contribution >= 4 is 17.0 Å². The van der Waals surface area contributed by atoms with Crippen LogP contribution < -0.4 is 10.5 Å². The molecule has 2 heterocycles. The van der Waals surface area contributed by atoms with Crippen molar-refractivity contribution in [3.8, 4) is 22.7 Å².